The number of urea groups is 1. The van der Waals surface area contributed by atoms with E-state index in [1.165, 1.54) is 59.7 Å². The maximum absolute atomic E-state index is 14.6. The molecule has 7 aromatic rings. The number of aromatic amines is 1. The van der Waals surface area contributed by atoms with Crippen LogP contribution in [0.2, 0.25) is 0 Å². The molecule has 27 nitrogen and oxygen atoms in total. The average Bonchev–Trinajstić information content (AvgIpc) is 1.67. The highest BCUT2D eigenvalue weighted by Gasteiger charge is 2.49. The third-order valence-electron chi connectivity index (χ3n) is 29.8. The van der Waals surface area contributed by atoms with Gasteiger partial charge in [-0.2, -0.15) is 0 Å². The molecule has 140 heavy (non-hydrogen) atoms. The monoisotopic (exact) mass is 1980 g/mol. The number of unbranched alkanes of at least 4 members (excludes halogenated alkanes) is 1. The van der Waals surface area contributed by atoms with Crippen molar-refractivity contribution in [1.29, 1.82) is 0 Å². The number of carbonyl (C=O) groups is 8. The zero-order valence-electron chi connectivity index (χ0n) is 84.2. The number of hydrogen-bond acceptors (Lipinski definition) is 19. The lowest BCUT2D eigenvalue weighted by molar-refractivity contribution is -0.137. The molecule has 0 aliphatic carbocycles. The van der Waals surface area contributed by atoms with E-state index in [0.717, 1.165) is 168 Å². The molecule has 2 aromatic heterocycles. The first-order valence-corrected chi connectivity index (χ1v) is 53.9. The molecule has 13 heterocycles. The van der Waals surface area contributed by atoms with Crippen molar-refractivity contribution in [3.63, 3.8) is 0 Å². The van der Waals surface area contributed by atoms with Crippen LogP contribution in [0.5, 0.6) is 0 Å². The molecule has 18 rings (SSSR count). The van der Waals surface area contributed by atoms with Gasteiger partial charge in [-0.25, -0.2) is 23.4 Å². The predicted molar refractivity (Wildman–Crippen MR) is 559 cm³/mol. The van der Waals surface area contributed by atoms with Crippen molar-refractivity contribution in [2.75, 3.05) is 178 Å². The van der Waals surface area contributed by atoms with Gasteiger partial charge in [0, 0.05) is 235 Å². The average molecular weight is 1980 g/mol. The Kier molecular flexibility index (Phi) is 33.3. The van der Waals surface area contributed by atoms with Crippen LogP contribution < -0.4 is 25.7 Å². The number of benzene rings is 5. The molecule has 0 spiro atoms. The lowest BCUT2D eigenvalue weighted by atomic mass is 9.92. The number of para-hydroxylation sites is 2. The first kappa shape index (κ1) is 103. The van der Waals surface area contributed by atoms with E-state index in [4.69, 9.17) is 0 Å². The lowest BCUT2D eigenvalue weighted by Gasteiger charge is -2.40. The van der Waals surface area contributed by atoms with Gasteiger partial charge in [-0.3, -0.25) is 48.0 Å². The summed E-state index contributed by atoms with van der Waals surface area (Å²) < 4.78 is 31.0. The van der Waals surface area contributed by atoms with Crippen molar-refractivity contribution in [2.45, 2.75) is 222 Å². The Labute approximate surface area is 840 Å². The van der Waals surface area contributed by atoms with Gasteiger partial charge in [0.05, 0.1) is 27.7 Å². The van der Waals surface area contributed by atoms with E-state index in [-0.39, 0.29) is 136 Å². The van der Waals surface area contributed by atoms with Gasteiger partial charge >= 0.3 is 11.7 Å². The van der Waals surface area contributed by atoms with Crippen molar-refractivity contribution in [3.05, 3.63) is 190 Å². The van der Waals surface area contributed by atoms with E-state index >= 15 is 0 Å². The van der Waals surface area contributed by atoms with E-state index in [0.29, 0.717) is 103 Å². The Bertz CT molecular complexity index is 5630. The molecule has 6 atom stereocenters. The Morgan fingerprint density at radius 1 is 0.464 bits per heavy atom. The molecule has 11 aliphatic rings. The molecule has 9 amide bonds. The second-order valence-electron chi connectivity index (χ2n) is 43.5. The van der Waals surface area contributed by atoms with Crippen molar-refractivity contribution in [1.82, 2.24) is 68.4 Å². The third kappa shape index (κ3) is 25.1. The van der Waals surface area contributed by atoms with E-state index < -0.39 is 15.7 Å². The molecule has 32 heteroatoms. The topological polar surface area (TPSA) is 245 Å². The molecule has 2 N–H and O–H groups in total. The summed E-state index contributed by atoms with van der Waals surface area (Å²) in [4.78, 5) is 158. The first-order chi connectivity index (χ1) is 67.1. The van der Waals surface area contributed by atoms with Crippen LogP contribution in [0.25, 0.3) is 16.7 Å². The SMILES string of the molecule is CCCCN1CCN(c2ccccc2C2SC(CC(=O)N3CCC(N4Cc5ccccc5NC4=O)CC3)C(=O)N2CCC(C)(C)C)CC1.CN1CCN(c2cc(F)ccc2C2SC(CC(=O)N3CCC(N4C=C(c5ccccc5)CC4=O)CC3)C(=O)N2CCC(C)(C)C)CC1.CN1CCN(c2cc(F)ccc2C2SC(CC(=O)N3CCC(n4c(=O)[nH]c5ncccc54)CC3)C(=O)N2CCC(C)(C)C)CC1.[HH]. The second-order valence-corrected chi connectivity index (χ2v) is 47.4. The minimum atomic E-state index is -0.507. The van der Waals surface area contributed by atoms with Crippen molar-refractivity contribution < 1.29 is 48.6 Å². The molecule has 9 saturated heterocycles. The Morgan fingerprint density at radius 2 is 0.893 bits per heavy atom. The van der Waals surface area contributed by atoms with Gasteiger partial charge in [-0.1, -0.05) is 155 Å². The number of thioether (sulfide) groups is 3. The summed E-state index contributed by atoms with van der Waals surface area (Å²) in [5, 5.41) is 0.941. The Morgan fingerprint density at radius 3 is 1.37 bits per heavy atom. The molecular weight excluding hydrogens is 1830 g/mol. The summed E-state index contributed by atoms with van der Waals surface area (Å²) >= 11 is 4.72. The van der Waals surface area contributed by atoms with Crippen LogP contribution in [-0.2, 0) is 40.1 Å². The highest BCUT2D eigenvalue weighted by molar-refractivity contribution is 8.01. The standard InChI is InChI=1S/C38H54N6O3S.C37H48FN5O3S.C33H44FN7O3S.H2/c1-5-6-18-40-22-24-41(25-23-40)32-14-10-8-12-30(32)36-43(21-17-38(2,3)4)35(46)33(48-36)26-34(45)42-19-15-29(16-20-42)44-27-28-11-7-9-13-31(28)39-37(44)47;1-37(2,3)14-17-42-35(46)32(47-36(42)30-11-10-28(38)23-31(30)40-20-18-39(4)19-21-40)24-33(44)41-15-12-29(13-16-41)43-25-27(22-34(43)45)26-8-6-5-7-9-26;1-33(2,3)11-15-40-30(43)27(45-31(40)24-8-7-22(34)20-26(24)38-18-16-37(4)17-19-38)21-28(42)39-13-9-23(10-14-39)41-25-6-5-12-35-29(25)36-32(41)44;/h7-14,29,33,36H,5-6,15-27H2,1-4H3,(H,39,47);5-11,23,25,29,32,36H,12-22,24H2,1-4H3;5-8,12,20,23,27,31H,9-11,13-19,21H2,1-4H3,(H,35,36,44);1H. The summed E-state index contributed by atoms with van der Waals surface area (Å²) in [5.74, 6) is -0.424. The number of fused-ring (bicyclic) bond motifs is 2. The number of imidazole rings is 1. The largest absolute Gasteiger partial charge is 0.369 e. The summed E-state index contributed by atoms with van der Waals surface area (Å²) in [6, 6.07) is 40.2. The van der Waals surface area contributed by atoms with Crippen molar-refractivity contribution >= 4 is 122 Å². The van der Waals surface area contributed by atoms with Crippen LogP contribution in [0, 0.1) is 27.9 Å². The number of carbonyl (C=O) groups excluding carboxylic acids is 8. The zero-order valence-corrected chi connectivity index (χ0v) is 86.6. The summed E-state index contributed by atoms with van der Waals surface area (Å²) in [6.45, 7) is 39.7. The molecule has 756 valence electrons. The summed E-state index contributed by atoms with van der Waals surface area (Å²) in [6.07, 6.45) is 13.8. The number of hydrogen-bond donors (Lipinski definition) is 2. The van der Waals surface area contributed by atoms with Gasteiger partial charge < -0.3 is 69.0 Å². The highest BCUT2D eigenvalue weighted by Crippen LogP contribution is 2.53. The maximum Gasteiger partial charge on any atom is 0.327 e. The van der Waals surface area contributed by atoms with Gasteiger partial charge in [0.15, 0.2) is 5.65 Å². The van der Waals surface area contributed by atoms with E-state index in [1.54, 1.807) is 34.7 Å². The number of likely N-dealkylation sites (N-methyl/N-ethyl adjacent to an activating group) is 2. The van der Waals surface area contributed by atoms with Crippen LogP contribution in [0.1, 0.15) is 217 Å². The first-order valence-electron chi connectivity index (χ1n) is 51.1. The predicted octanol–water partition coefficient (Wildman–Crippen LogP) is 16.5. The zero-order chi connectivity index (χ0) is 99.0. The number of likely N-dealkylation sites (tertiary alicyclic amines) is 3. The molecule has 0 bridgehead atoms. The Hall–Kier alpha value is -9.99. The quantitative estimate of drug-likeness (QED) is 0.0540. The van der Waals surface area contributed by atoms with Crippen molar-refractivity contribution in [2.24, 2.45) is 16.2 Å². The molecule has 11 aliphatic heterocycles. The van der Waals surface area contributed by atoms with Crippen LogP contribution >= 0.6 is 35.3 Å². The Balaban J connectivity index is 0.000000159. The number of H-pyrrole nitrogens is 1. The van der Waals surface area contributed by atoms with Gasteiger partial charge in [0.1, 0.15) is 27.8 Å². The summed E-state index contributed by atoms with van der Waals surface area (Å²) in [5.41, 5.74) is 11.4. The highest BCUT2D eigenvalue weighted by atomic mass is 32.2. The van der Waals surface area contributed by atoms with Gasteiger partial charge in [-0.15, -0.1) is 35.3 Å². The molecular formula is C108H148F2N18O9S3. The number of aromatic nitrogens is 3. The molecule has 6 unspecified atom stereocenters. The number of rotatable bonds is 25. The number of nitrogens with zero attached hydrogens (tertiary/aromatic N) is 16. The van der Waals surface area contributed by atoms with Gasteiger partial charge in [0.2, 0.25) is 41.4 Å². The fourth-order valence-electron chi connectivity index (χ4n) is 21.2. The molecule has 5 aromatic carbocycles. The maximum atomic E-state index is 14.6. The number of nitrogens with one attached hydrogen (secondary N) is 2. The number of piperazine rings is 3. The lowest BCUT2D eigenvalue weighted by Crippen LogP contribution is -2.51. The number of piperidine rings is 3. The smallest absolute Gasteiger partial charge is 0.327 e. The fourth-order valence-corrected chi connectivity index (χ4v) is 25.7. The van der Waals surface area contributed by atoms with Crippen LogP contribution in [0.15, 0.2) is 145 Å². The normalized spacial score (nSPS) is 22.7. The summed E-state index contributed by atoms with van der Waals surface area (Å²) in [7, 11) is 4.19. The second kappa shape index (κ2) is 45.3. The number of halogens is 2. The van der Waals surface area contributed by atoms with Gasteiger partial charge in [0.25, 0.3) is 0 Å². The van der Waals surface area contributed by atoms with Gasteiger partial charge in [-0.05, 0) is 166 Å². The van der Waals surface area contributed by atoms with Crippen molar-refractivity contribution in [3.8, 4) is 0 Å². The van der Waals surface area contributed by atoms with Crippen LogP contribution in [-0.4, -0.2) is 302 Å². The third-order valence-corrected chi connectivity index (χ3v) is 34.2. The molecule has 0 radical (unpaired) electrons. The van der Waals surface area contributed by atoms with E-state index in [9.17, 15) is 51.9 Å². The number of amides is 9. The number of pyridine rings is 1. The molecule has 9 fully saturated rings. The van der Waals surface area contributed by atoms with Crippen LogP contribution in [0.3, 0.4) is 0 Å². The number of anilines is 4. The molecule has 0 saturated carbocycles. The minimum Gasteiger partial charge on any atom is -0.369 e. The fraction of sp³-hybridized carbons (Fsp3) is 0.574. The van der Waals surface area contributed by atoms with Crippen LogP contribution in [0.4, 0.5) is 36.3 Å². The van der Waals surface area contributed by atoms with E-state index in [1.807, 2.05) is 113 Å². The minimum absolute atomic E-state index is 0. The van der Waals surface area contributed by atoms with E-state index in [2.05, 4.69) is 163 Å².